The molecule has 1 aromatic rings. The van der Waals surface area contributed by atoms with E-state index < -0.39 is 0 Å². The third-order valence-corrected chi connectivity index (χ3v) is 3.67. The van der Waals surface area contributed by atoms with Crippen LogP contribution in [-0.4, -0.2) is 24.3 Å². The van der Waals surface area contributed by atoms with Crippen molar-refractivity contribution < 1.29 is 14.6 Å². The number of carbonyl (C=O) groups is 1. The maximum Gasteiger partial charge on any atom is 0.240 e. The monoisotopic (exact) mass is 332 g/mol. The molecule has 0 saturated carbocycles. The van der Waals surface area contributed by atoms with Crippen LogP contribution in [0.15, 0.2) is 36.0 Å². The van der Waals surface area contributed by atoms with Gasteiger partial charge in [-0.1, -0.05) is 31.8 Å². The number of aromatic hydroxyl groups is 1. The molecule has 0 aliphatic rings. The lowest BCUT2D eigenvalue weighted by molar-refractivity contribution is -0.121. The number of hydrogen-bond donors (Lipinski definition) is 2. The number of amides is 1. The number of rotatable bonds is 12. The SMILES string of the molecule is C=CCCCCCCCCC(=O)NN=Cc1ccc(O)c(OC)c1. The number of benzene rings is 1. The van der Waals surface area contributed by atoms with Gasteiger partial charge in [0.15, 0.2) is 11.5 Å². The molecular weight excluding hydrogens is 304 g/mol. The first-order valence-corrected chi connectivity index (χ1v) is 8.47. The summed E-state index contributed by atoms with van der Waals surface area (Å²) in [6.45, 7) is 3.71. The van der Waals surface area contributed by atoms with E-state index >= 15 is 0 Å². The van der Waals surface area contributed by atoms with Gasteiger partial charge in [0.2, 0.25) is 5.91 Å². The van der Waals surface area contributed by atoms with Gasteiger partial charge in [-0.2, -0.15) is 5.10 Å². The number of allylic oxidation sites excluding steroid dienone is 1. The highest BCUT2D eigenvalue weighted by molar-refractivity contribution is 5.83. The second-order valence-corrected chi connectivity index (χ2v) is 5.67. The van der Waals surface area contributed by atoms with Crippen LogP contribution in [-0.2, 0) is 4.79 Å². The maximum absolute atomic E-state index is 11.7. The minimum Gasteiger partial charge on any atom is -0.504 e. The molecule has 24 heavy (non-hydrogen) atoms. The molecule has 5 heteroatoms. The lowest BCUT2D eigenvalue weighted by Gasteiger charge is -2.03. The second-order valence-electron chi connectivity index (χ2n) is 5.67. The number of hydrogen-bond acceptors (Lipinski definition) is 4. The largest absolute Gasteiger partial charge is 0.504 e. The molecule has 0 aliphatic carbocycles. The number of ether oxygens (including phenoxy) is 1. The minimum atomic E-state index is -0.0800. The van der Waals surface area contributed by atoms with Gasteiger partial charge in [0.05, 0.1) is 13.3 Å². The molecule has 0 heterocycles. The Labute approximate surface area is 144 Å². The lowest BCUT2D eigenvalue weighted by Crippen LogP contribution is -2.16. The predicted molar refractivity (Wildman–Crippen MR) is 97.5 cm³/mol. The highest BCUT2D eigenvalue weighted by Gasteiger charge is 2.02. The Balaban J connectivity index is 2.16. The molecule has 1 aromatic carbocycles. The fourth-order valence-corrected chi connectivity index (χ4v) is 2.29. The van der Waals surface area contributed by atoms with Crippen LogP contribution < -0.4 is 10.2 Å². The van der Waals surface area contributed by atoms with E-state index in [1.54, 1.807) is 12.1 Å². The van der Waals surface area contributed by atoms with Crippen molar-refractivity contribution in [2.24, 2.45) is 5.10 Å². The van der Waals surface area contributed by atoms with Crippen molar-refractivity contribution in [3.63, 3.8) is 0 Å². The first-order valence-electron chi connectivity index (χ1n) is 8.47. The lowest BCUT2D eigenvalue weighted by atomic mass is 10.1. The van der Waals surface area contributed by atoms with Crippen LogP contribution in [0, 0.1) is 0 Å². The van der Waals surface area contributed by atoms with E-state index in [2.05, 4.69) is 17.1 Å². The Morgan fingerprint density at radius 1 is 1.25 bits per heavy atom. The van der Waals surface area contributed by atoms with Gasteiger partial charge in [-0.3, -0.25) is 4.79 Å². The number of carbonyl (C=O) groups excluding carboxylic acids is 1. The number of unbranched alkanes of at least 4 members (excludes halogenated alkanes) is 6. The van der Waals surface area contributed by atoms with Gasteiger partial charge < -0.3 is 9.84 Å². The van der Waals surface area contributed by atoms with Crippen molar-refractivity contribution >= 4 is 12.1 Å². The highest BCUT2D eigenvalue weighted by atomic mass is 16.5. The Morgan fingerprint density at radius 3 is 2.67 bits per heavy atom. The smallest absolute Gasteiger partial charge is 0.240 e. The molecule has 0 radical (unpaired) electrons. The number of nitrogens with one attached hydrogen (secondary N) is 1. The molecule has 0 unspecified atom stereocenters. The molecule has 0 bridgehead atoms. The van der Waals surface area contributed by atoms with Crippen LogP contribution in [0.3, 0.4) is 0 Å². The van der Waals surface area contributed by atoms with Gasteiger partial charge in [-0.15, -0.1) is 6.58 Å². The van der Waals surface area contributed by atoms with Gasteiger partial charge in [0.1, 0.15) is 0 Å². The summed E-state index contributed by atoms with van der Waals surface area (Å²) in [7, 11) is 1.48. The summed E-state index contributed by atoms with van der Waals surface area (Å²) in [6, 6.07) is 4.87. The van der Waals surface area contributed by atoms with Gasteiger partial charge in [0, 0.05) is 6.42 Å². The quantitative estimate of drug-likeness (QED) is 0.261. The zero-order chi connectivity index (χ0) is 17.6. The number of nitrogens with zero attached hydrogens (tertiary/aromatic N) is 1. The second kappa shape index (κ2) is 12.2. The average molecular weight is 332 g/mol. The summed E-state index contributed by atoms with van der Waals surface area (Å²) >= 11 is 0. The molecule has 0 atom stereocenters. The van der Waals surface area contributed by atoms with E-state index in [1.165, 1.54) is 45.1 Å². The van der Waals surface area contributed by atoms with Crippen LogP contribution in [0.1, 0.15) is 56.9 Å². The summed E-state index contributed by atoms with van der Waals surface area (Å²) in [6.07, 6.45) is 11.8. The normalized spacial score (nSPS) is 10.7. The molecule has 1 amide bonds. The molecule has 2 N–H and O–H groups in total. The average Bonchev–Trinajstić information content (AvgIpc) is 2.58. The van der Waals surface area contributed by atoms with Gasteiger partial charge in [-0.05, 0) is 43.0 Å². The molecule has 0 saturated heterocycles. The summed E-state index contributed by atoms with van der Waals surface area (Å²) in [5.74, 6) is 0.366. The number of phenolic OH excluding ortho intramolecular Hbond substituents is 1. The first kappa shape index (κ1) is 19.7. The molecule has 132 valence electrons. The molecule has 5 nitrogen and oxygen atoms in total. The Kier molecular flexibility index (Phi) is 10.0. The van der Waals surface area contributed by atoms with Gasteiger partial charge >= 0.3 is 0 Å². The fourth-order valence-electron chi connectivity index (χ4n) is 2.29. The van der Waals surface area contributed by atoms with Crippen LogP contribution in [0.25, 0.3) is 0 Å². The van der Waals surface area contributed by atoms with E-state index in [0.717, 1.165) is 24.8 Å². The van der Waals surface area contributed by atoms with E-state index in [9.17, 15) is 9.90 Å². The molecule has 0 spiro atoms. The van der Waals surface area contributed by atoms with Crippen molar-refractivity contribution in [3.8, 4) is 11.5 Å². The van der Waals surface area contributed by atoms with Crippen molar-refractivity contribution in [1.29, 1.82) is 0 Å². The summed E-state index contributed by atoms with van der Waals surface area (Å²) in [4.78, 5) is 11.7. The van der Waals surface area contributed by atoms with Crippen LogP contribution in [0.5, 0.6) is 11.5 Å². The van der Waals surface area contributed by atoms with E-state index in [-0.39, 0.29) is 11.7 Å². The van der Waals surface area contributed by atoms with Gasteiger partial charge in [0.25, 0.3) is 0 Å². The summed E-state index contributed by atoms with van der Waals surface area (Å²) in [5.41, 5.74) is 3.26. The molecule has 0 aromatic heterocycles. The molecule has 0 fully saturated rings. The van der Waals surface area contributed by atoms with Gasteiger partial charge in [-0.25, -0.2) is 5.43 Å². The molecular formula is C19H28N2O3. The Morgan fingerprint density at radius 2 is 1.96 bits per heavy atom. The van der Waals surface area contributed by atoms with Crippen molar-refractivity contribution in [2.45, 2.75) is 51.4 Å². The Bertz CT molecular complexity index is 541. The van der Waals surface area contributed by atoms with E-state index in [0.29, 0.717) is 12.2 Å². The van der Waals surface area contributed by atoms with Crippen molar-refractivity contribution in [1.82, 2.24) is 5.43 Å². The third kappa shape index (κ3) is 8.36. The van der Waals surface area contributed by atoms with Crippen LogP contribution in [0.2, 0.25) is 0 Å². The summed E-state index contributed by atoms with van der Waals surface area (Å²) in [5, 5.41) is 13.4. The highest BCUT2D eigenvalue weighted by Crippen LogP contribution is 2.25. The molecule has 0 aliphatic heterocycles. The van der Waals surface area contributed by atoms with Crippen molar-refractivity contribution in [2.75, 3.05) is 7.11 Å². The number of methoxy groups -OCH3 is 1. The van der Waals surface area contributed by atoms with E-state index in [1.807, 2.05) is 6.08 Å². The summed E-state index contributed by atoms with van der Waals surface area (Å²) < 4.78 is 5.02. The van der Waals surface area contributed by atoms with Crippen LogP contribution in [0.4, 0.5) is 0 Å². The zero-order valence-corrected chi connectivity index (χ0v) is 14.5. The molecule has 1 rings (SSSR count). The first-order chi connectivity index (χ1) is 11.7. The van der Waals surface area contributed by atoms with Crippen molar-refractivity contribution in [3.05, 3.63) is 36.4 Å². The predicted octanol–water partition coefficient (Wildman–Crippen LogP) is 4.16. The fraction of sp³-hybridized carbons (Fsp3) is 0.474. The number of phenols is 1. The third-order valence-electron chi connectivity index (χ3n) is 3.67. The minimum absolute atomic E-state index is 0.0724. The zero-order valence-electron chi connectivity index (χ0n) is 14.5. The maximum atomic E-state index is 11.7. The van der Waals surface area contributed by atoms with Crippen LogP contribution >= 0.6 is 0 Å². The Hall–Kier alpha value is -2.30. The number of hydrazone groups is 1. The standard InChI is InChI=1S/C19H28N2O3/c1-3-4-5-6-7-8-9-10-11-19(23)21-20-15-16-12-13-17(22)18(14-16)24-2/h3,12-15,22H,1,4-11H2,2H3,(H,21,23). The topological polar surface area (TPSA) is 70.9 Å². The van der Waals surface area contributed by atoms with E-state index in [4.69, 9.17) is 4.74 Å².